The van der Waals surface area contributed by atoms with Crippen molar-refractivity contribution in [2.24, 2.45) is 5.41 Å². The van der Waals surface area contributed by atoms with Gasteiger partial charge in [0.15, 0.2) is 11.5 Å². The first kappa shape index (κ1) is 21.1. The van der Waals surface area contributed by atoms with Crippen molar-refractivity contribution >= 4 is 23.5 Å². The van der Waals surface area contributed by atoms with E-state index in [2.05, 4.69) is 0 Å². The van der Waals surface area contributed by atoms with Gasteiger partial charge in [-0.15, -0.1) is 0 Å². The van der Waals surface area contributed by atoms with Crippen molar-refractivity contribution in [3.05, 3.63) is 22.7 Å². The average Bonchev–Trinajstić information content (AvgIpc) is 2.70. The van der Waals surface area contributed by atoms with Gasteiger partial charge in [-0.25, -0.2) is 5.06 Å². The number of ether oxygens (including phenoxy) is 2. The number of amides is 1. The number of carbonyl (C=O) groups excluding carboxylic acids is 2. The zero-order chi connectivity index (χ0) is 17.6. The number of hydroxylamine groups is 2. The molecular formula is C15H17ClNNaO6. The SMILES string of the molecule is CC1(C)Oc2cc(Cl)c(CN(O)C(=O)C(C)(C)C(=O)[O-])cc2O1.[Na+]. The molecule has 2 rings (SSSR count). The van der Waals surface area contributed by atoms with E-state index in [0.717, 1.165) is 13.8 Å². The average molecular weight is 366 g/mol. The second-order valence-corrected chi connectivity index (χ2v) is 6.68. The minimum atomic E-state index is -1.86. The van der Waals surface area contributed by atoms with E-state index < -0.39 is 23.1 Å². The van der Waals surface area contributed by atoms with Crippen LogP contribution in [-0.2, 0) is 16.1 Å². The number of fused-ring (bicyclic) bond motifs is 1. The molecule has 24 heavy (non-hydrogen) atoms. The van der Waals surface area contributed by atoms with Gasteiger partial charge < -0.3 is 19.4 Å². The maximum absolute atomic E-state index is 12.0. The number of nitrogens with zero attached hydrogens (tertiary/aromatic N) is 1. The van der Waals surface area contributed by atoms with E-state index in [-0.39, 0.29) is 41.1 Å². The third kappa shape index (κ3) is 4.15. The van der Waals surface area contributed by atoms with E-state index in [4.69, 9.17) is 21.1 Å². The molecule has 0 aliphatic carbocycles. The molecule has 0 spiro atoms. The predicted molar refractivity (Wildman–Crippen MR) is 77.9 cm³/mol. The molecule has 1 aliphatic rings. The molecule has 1 aromatic carbocycles. The fourth-order valence-corrected chi connectivity index (χ4v) is 2.26. The summed E-state index contributed by atoms with van der Waals surface area (Å²) in [6, 6.07) is 3.05. The van der Waals surface area contributed by atoms with Crippen molar-refractivity contribution < 1.29 is 58.9 Å². The summed E-state index contributed by atoms with van der Waals surface area (Å²) in [4.78, 5) is 23.0. The second kappa shape index (κ2) is 7.09. The van der Waals surface area contributed by atoms with Crippen molar-refractivity contribution in [3.8, 4) is 11.5 Å². The van der Waals surface area contributed by atoms with Gasteiger partial charge in [0, 0.05) is 24.9 Å². The number of hydrogen-bond donors (Lipinski definition) is 1. The minimum absolute atomic E-state index is 0. The fourth-order valence-electron chi connectivity index (χ4n) is 2.05. The van der Waals surface area contributed by atoms with Gasteiger partial charge in [-0.3, -0.25) is 10.0 Å². The summed E-state index contributed by atoms with van der Waals surface area (Å²) in [7, 11) is 0. The van der Waals surface area contributed by atoms with Crippen LogP contribution in [0.15, 0.2) is 12.1 Å². The van der Waals surface area contributed by atoms with Crippen molar-refractivity contribution in [1.82, 2.24) is 5.06 Å². The third-order valence-electron chi connectivity index (χ3n) is 3.42. The van der Waals surface area contributed by atoms with Crippen LogP contribution in [0.3, 0.4) is 0 Å². The molecule has 0 bridgehead atoms. The topological polar surface area (TPSA) is 99.1 Å². The molecule has 0 aromatic heterocycles. The van der Waals surface area contributed by atoms with Crippen molar-refractivity contribution in [2.45, 2.75) is 40.0 Å². The Kier molecular flexibility index (Phi) is 6.22. The van der Waals surface area contributed by atoms with Crippen LogP contribution in [0.2, 0.25) is 5.02 Å². The molecule has 0 radical (unpaired) electrons. The maximum atomic E-state index is 12.0. The van der Waals surface area contributed by atoms with Crippen molar-refractivity contribution in [1.29, 1.82) is 0 Å². The largest absolute Gasteiger partial charge is 1.00 e. The van der Waals surface area contributed by atoms with Gasteiger partial charge in [-0.2, -0.15) is 0 Å². The molecular weight excluding hydrogens is 349 g/mol. The number of aliphatic carboxylic acids is 1. The number of benzene rings is 1. The van der Waals surface area contributed by atoms with Crippen LogP contribution in [0.4, 0.5) is 0 Å². The molecule has 126 valence electrons. The first-order valence-corrected chi connectivity index (χ1v) is 7.24. The number of rotatable bonds is 4. The second-order valence-electron chi connectivity index (χ2n) is 6.27. The summed E-state index contributed by atoms with van der Waals surface area (Å²) in [5.41, 5.74) is -1.48. The summed E-state index contributed by atoms with van der Waals surface area (Å²) >= 11 is 6.11. The Labute approximate surface area is 166 Å². The summed E-state index contributed by atoms with van der Waals surface area (Å²) in [5.74, 6) is -2.55. The van der Waals surface area contributed by atoms with Crippen molar-refractivity contribution in [3.63, 3.8) is 0 Å². The van der Waals surface area contributed by atoms with Gasteiger partial charge in [-0.05, 0) is 25.5 Å². The zero-order valence-electron chi connectivity index (χ0n) is 14.2. The van der Waals surface area contributed by atoms with Crippen LogP contribution in [-0.4, -0.2) is 27.9 Å². The molecule has 1 heterocycles. The Morgan fingerprint density at radius 3 is 2.29 bits per heavy atom. The first-order chi connectivity index (χ1) is 10.4. The Morgan fingerprint density at radius 1 is 1.29 bits per heavy atom. The maximum Gasteiger partial charge on any atom is 1.00 e. The van der Waals surface area contributed by atoms with Crippen LogP contribution >= 0.6 is 11.6 Å². The van der Waals surface area contributed by atoms with E-state index in [1.807, 2.05) is 0 Å². The number of carbonyl (C=O) groups is 2. The molecule has 1 aliphatic heterocycles. The molecule has 0 saturated heterocycles. The van der Waals surface area contributed by atoms with Crippen LogP contribution in [0.5, 0.6) is 11.5 Å². The van der Waals surface area contributed by atoms with Gasteiger partial charge in [0.1, 0.15) is 0 Å². The molecule has 1 amide bonds. The van der Waals surface area contributed by atoms with Gasteiger partial charge in [0.05, 0.1) is 17.9 Å². The summed E-state index contributed by atoms with van der Waals surface area (Å²) in [6.07, 6.45) is 0. The number of halogens is 1. The minimum Gasteiger partial charge on any atom is -0.549 e. The molecule has 0 atom stereocenters. The van der Waals surface area contributed by atoms with E-state index in [0.29, 0.717) is 22.1 Å². The zero-order valence-corrected chi connectivity index (χ0v) is 16.9. The van der Waals surface area contributed by atoms with Gasteiger partial charge in [0.25, 0.3) is 5.91 Å². The number of hydrogen-bond acceptors (Lipinski definition) is 6. The Bertz CT molecular complexity index is 676. The number of carboxylic acid groups (broad SMARTS) is 1. The van der Waals surface area contributed by atoms with Crippen LogP contribution < -0.4 is 44.1 Å². The van der Waals surface area contributed by atoms with E-state index in [1.54, 1.807) is 13.8 Å². The molecule has 7 nitrogen and oxygen atoms in total. The molecule has 0 saturated carbocycles. The van der Waals surface area contributed by atoms with Crippen LogP contribution in [0.25, 0.3) is 0 Å². The summed E-state index contributed by atoms with van der Waals surface area (Å²) in [6.45, 7) is 5.45. The quantitative estimate of drug-likeness (QED) is 0.297. The van der Waals surface area contributed by atoms with E-state index >= 15 is 0 Å². The van der Waals surface area contributed by atoms with Gasteiger partial charge in [0.2, 0.25) is 5.79 Å². The summed E-state index contributed by atoms with van der Waals surface area (Å²) < 4.78 is 11.1. The summed E-state index contributed by atoms with van der Waals surface area (Å²) in [5, 5.41) is 21.4. The van der Waals surface area contributed by atoms with E-state index in [1.165, 1.54) is 12.1 Å². The van der Waals surface area contributed by atoms with Gasteiger partial charge >= 0.3 is 29.6 Å². The molecule has 1 N–H and O–H groups in total. The molecule has 1 aromatic rings. The van der Waals surface area contributed by atoms with E-state index in [9.17, 15) is 19.9 Å². The monoisotopic (exact) mass is 365 g/mol. The molecule has 0 unspecified atom stereocenters. The molecule has 9 heteroatoms. The Balaban J connectivity index is 0.00000288. The third-order valence-corrected chi connectivity index (χ3v) is 3.78. The predicted octanol–water partition coefficient (Wildman–Crippen LogP) is -1.65. The molecule has 0 fully saturated rings. The first-order valence-electron chi connectivity index (χ1n) is 6.87. The van der Waals surface area contributed by atoms with Gasteiger partial charge in [-0.1, -0.05) is 11.6 Å². The van der Waals surface area contributed by atoms with Crippen molar-refractivity contribution in [2.75, 3.05) is 0 Å². The smallest absolute Gasteiger partial charge is 0.549 e. The van der Waals surface area contributed by atoms with Crippen LogP contribution in [0, 0.1) is 5.41 Å². The van der Waals surface area contributed by atoms with Crippen LogP contribution in [0.1, 0.15) is 33.3 Å². The normalized spacial score (nSPS) is 14.8. The fraction of sp³-hybridized carbons (Fsp3) is 0.467. The number of carboxylic acids is 1. The Hall–Kier alpha value is -0.990. The standard InChI is InChI=1S/C15H18ClNO6.Na/c1-14(2,13(19)20)12(18)17(21)7-8-5-10-11(6-9(8)16)23-15(3,4)22-10;/h5-6,21H,7H2,1-4H3,(H,19,20);/q;+1/p-1. The Morgan fingerprint density at radius 2 is 1.79 bits per heavy atom.